The van der Waals surface area contributed by atoms with Gasteiger partial charge in [0.1, 0.15) is 5.75 Å². The Labute approximate surface area is 123 Å². The molecule has 20 heavy (non-hydrogen) atoms. The maximum absolute atomic E-state index is 11.9. The molecule has 1 aromatic carbocycles. The summed E-state index contributed by atoms with van der Waals surface area (Å²) in [5.41, 5.74) is 0.299. The van der Waals surface area contributed by atoms with Crippen LogP contribution < -0.4 is 9.04 Å². The second-order valence-corrected chi connectivity index (χ2v) is 6.49. The lowest BCUT2D eigenvalue weighted by Gasteiger charge is -2.24. The van der Waals surface area contributed by atoms with E-state index >= 15 is 0 Å². The van der Waals surface area contributed by atoms with E-state index in [4.69, 9.17) is 21.4 Å². The molecule has 0 aromatic heterocycles. The standard InChI is InChI=1S/C12H16ClNO5S/c1-19-11-6-5-9(13)8-10(11)14(20(2,17)18)7-3-4-12(15)16/h5-6,8H,3-4,7H2,1-2H3,(H,15,16). The molecule has 0 spiro atoms. The van der Waals surface area contributed by atoms with Gasteiger partial charge in [-0.15, -0.1) is 0 Å². The predicted molar refractivity (Wildman–Crippen MR) is 77.1 cm³/mol. The first kappa shape index (κ1) is 16.6. The number of sulfonamides is 1. The zero-order valence-electron chi connectivity index (χ0n) is 11.2. The van der Waals surface area contributed by atoms with Gasteiger partial charge < -0.3 is 9.84 Å². The first-order valence-corrected chi connectivity index (χ1v) is 8.01. The number of ether oxygens (including phenoxy) is 1. The Morgan fingerprint density at radius 3 is 2.60 bits per heavy atom. The number of carboxylic acid groups (broad SMARTS) is 1. The summed E-state index contributed by atoms with van der Waals surface area (Å²) >= 11 is 5.88. The lowest BCUT2D eigenvalue weighted by molar-refractivity contribution is -0.137. The Kier molecular flexibility index (Phi) is 5.64. The molecule has 0 unspecified atom stereocenters. The van der Waals surface area contributed by atoms with Crippen LogP contribution in [0.5, 0.6) is 5.75 Å². The lowest BCUT2D eigenvalue weighted by Crippen LogP contribution is -2.31. The van der Waals surface area contributed by atoms with Crippen LogP contribution in [-0.4, -0.2) is 39.4 Å². The van der Waals surface area contributed by atoms with Crippen molar-refractivity contribution >= 4 is 33.3 Å². The lowest BCUT2D eigenvalue weighted by atomic mass is 10.2. The third-order valence-electron chi connectivity index (χ3n) is 2.56. The fraction of sp³-hybridized carbons (Fsp3) is 0.417. The molecule has 0 saturated heterocycles. The number of aliphatic carboxylic acids is 1. The van der Waals surface area contributed by atoms with Crippen LogP contribution >= 0.6 is 11.6 Å². The molecule has 0 aliphatic heterocycles. The van der Waals surface area contributed by atoms with E-state index in [2.05, 4.69) is 0 Å². The average Bonchev–Trinajstić information content (AvgIpc) is 2.32. The summed E-state index contributed by atoms with van der Waals surface area (Å²) in [5.74, 6) is -0.619. The van der Waals surface area contributed by atoms with Crippen LogP contribution in [-0.2, 0) is 14.8 Å². The molecule has 0 radical (unpaired) electrons. The molecule has 1 aromatic rings. The van der Waals surface area contributed by atoms with Gasteiger partial charge in [0.15, 0.2) is 0 Å². The molecule has 1 N–H and O–H groups in total. The van der Waals surface area contributed by atoms with Crippen LogP contribution in [0.1, 0.15) is 12.8 Å². The van der Waals surface area contributed by atoms with Crippen LogP contribution in [0.15, 0.2) is 18.2 Å². The number of carbonyl (C=O) groups is 1. The summed E-state index contributed by atoms with van der Waals surface area (Å²) in [6.07, 6.45) is 1.13. The van der Waals surface area contributed by atoms with Crippen LogP contribution in [0.25, 0.3) is 0 Å². The number of anilines is 1. The van der Waals surface area contributed by atoms with Crippen molar-refractivity contribution in [2.45, 2.75) is 12.8 Å². The summed E-state index contributed by atoms with van der Waals surface area (Å²) in [7, 11) is -2.14. The predicted octanol–water partition coefficient (Wildman–Crippen LogP) is 1.98. The minimum Gasteiger partial charge on any atom is -0.495 e. The molecular formula is C12H16ClNO5S. The zero-order chi connectivity index (χ0) is 15.3. The first-order valence-electron chi connectivity index (χ1n) is 5.78. The first-order chi connectivity index (χ1) is 9.25. The third-order valence-corrected chi connectivity index (χ3v) is 3.98. The molecule has 0 saturated carbocycles. The fourth-order valence-electron chi connectivity index (χ4n) is 1.70. The SMILES string of the molecule is COc1ccc(Cl)cc1N(CCCC(=O)O)S(C)(=O)=O. The molecule has 0 atom stereocenters. The number of benzene rings is 1. The molecule has 0 fully saturated rings. The van der Waals surface area contributed by atoms with Crippen molar-refractivity contribution in [3.05, 3.63) is 23.2 Å². The number of nitrogens with zero attached hydrogens (tertiary/aromatic N) is 1. The Hall–Kier alpha value is -1.47. The minimum atomic E-state index is -3.56. The van der Waals surface area contributed by atoms with Crippen molar-refractivity contribution in [1.82, 2.24) is 0 Å². The van der Waals surface area contributed by atoms with E-state index in [0.717, 1.165) is 10.6 Å². The van der Waals surface area contributed by atoms with Gasteiger partial charge in [-0.1, -0.05) is 11.6 Å². The monoisotopic (exact) mass is 321 g/mol. The van der Waals surface area contributed by atoms with Gasteiger partial charge >= 0.3 is 5.97 Å². The van der Waals surface area contributed by atoms with E-state index in [1.54, 1.807) is 12.1 Å². The molecule has 0 aliphatic carbocycles. The van der Waals surface area contributed by atoms with E-state index in [1.165, 1.54) is 13.2 Å². The van der Waals surface area contributed by atoms with Crippen molar-refractivity contribution in [2.24, 2.45) is 0 Å². The second kappa shape index (κ2) is 6.81. The minimum absolute atomic E-state index is 0.0435. The zero-order valence-corrected chi connectivity index (χ0v) is 12.7. The molecule has 8 heteroatoms. The Morgan fingerprint density at radius 2 is 2.10 bits per heavy atom. The molecule has 6 nitrogen and oxygen atoms in total. The summed E-state index contributed by atoms with van der Waals surface area (Å²) in [5, 5.41) is 9.00. The normalized spacial score (nSPS) is 11.2. The molecule has 0 aliphatic rings. The van der Waals surface area contributed by atoms with E-state index in [-0.39, 0.29) is 19.4 Å². The smallest absolute Gasteiger partial charge is 0.303 e. The maximum Gasteiger partial charge on any atom is 0.303 e. The van der Waals surface area contributed by atoms with E-state index in [1.807, 2.05) is 0 Å². The summed E-state index contributed by atoms with van der Waals surface area (Å²) < 4.78 is 30.0. The largest absolute Gasteiger partial charge is 0.495 e. The number of hydrogen-bond donors (Lipinski definition) is 1. The van der Waals surface area contributed by atoms with Crippen LogP contribution in [0.4, 0.5) is 5.69 Å². The van der Waals surface area contributed by atoms with Crippen molar-refractivity contribution in [2.75, 3.05) is 24.2 Å². The van der Waals surface area contributed by atoms with Crippen molar-refractivity contribution < 1.29 is 23.1 Å². The van der Waals surface area contributed by atoms with Gasteiger partial charge in [0.2, 0.25) is 10.0 Å². The summed E-state index contributed by atoms with van der Waals surface area (Å²) in [6.45, 7) is 0.0435. The van der Waals surface area contributed by atoms with E-state index < -0.39 is 16.0 Å². The van der Waals surface area contributed by atoms with Crippen LogP contribution in [0.3, 0.4) is 0 Å². The molecule has 0 bridgehead atoms. The van der Waals surface area contributed by atoms with Crippen LogP contribution in [0.2, 0.25) is 5.02 Å². The number of carboxylic acids is 1. The summed E-state index contributed by atoms with van der Waals surface area (Å²) in [6, 6.07) is 4.62. The second-order valence-electron chi connectivity index (χ2n) is 4.15. The molecule has 0 amide bonds. The number of methoxy groups -OCH3 is 1. The van der Waals surface area contributed by atoms with Gasteiger partial charge in [-0.2, -0.15) is 0 Å². The molecule has 0 heterocycles. The highest BCUT2D eigenvalue weighted by Crippen LogP contribution is 2.32. The van der Waals surface area contributed by atoms with Crippen molar-refractivity contribution in [3.8, 4) is 5.75 Å². The number of halogens is 1. The van der Waals surface area contributed by atoms with Gasteiger partial charge in [0.05, 0.1) is 19.1 Å². The van der Waals surface area contributed by atoms with E-state index in [9.17, 15) is 13.2 Å². The average molecular weight is 322 g/mol. The highest BCUT2D eigenvalue weighted by atomic mass is 35.5. The number of rotatable bonds is 7. The highest BCUT2D eigenvalue weighted by Gasteiger charge is 2.21. The molecule has 1 rings (SSSR count). The quantitative estimate of drug-likeness (QED) is 0.830. The summed E-state index contributed by atoms with van der Waals surface area (Å²) in [4.78, 5) is 10.5. The highest BCUT2D eigenvalue weighted by molar-refractivity contribution is 7.92. The fourth-order valence-corrected chi connectivity index (χ4v) is 2.82. The van der Waals surface area contributed by atoms with Gasteiger partial charge in [-0.25, -0.2) is 8.42 Å². The van der Waals surface area contributed by atoms with Crippen molar-refractivity contribution in [1.29, 1.82) is 0 Å². The van der Waals surface area contributed by atoms with Gasteiger partial charge in [0, 0.05) is 18.0 Å². The molecular weight excluding hydrogens is 306 g/mol. The van der Waals surface area contributed by atoms with Crippen LogP contribution in [0, 0.1) is 0 Å². The maximum atomic E-state index is 11.9. The van der Waals surface area contributed by atoms with Gasteiger partial charge in [0.25, 0.3) is 0 Å². The Balaban J connectivity index is 3.11. The third kappa shape index (κ3) is 4.57. The Bertz CT molecular complexity index is 588. The number of hydrogen-bond acceptors (Lipinski definition) is 4. The van der Waals surface area contributed by atoms with Gasteiger partial charge in [-0.05, 0) is 24.6 Å². The molecule has 112 valence electrons. The van der Waals surface area contributed by atoms with Crippen molar-refractivity contribution in [3.63, 3.8) is 0 Å². The topological polar surface area (TPSA) is 83.9 Å². The Morgan fingerprint density at radius 1 is 1.45 bits per heavy atom. The van der Waals surface area contributed by atoms with E-state index in [0.29, 0.717) is 16.5 Å². The van der Waals surface area contributed by atoms with Gasteiger partial charge in [-0.3, -0.25) is 9.10 Å².